The summed E-state index contributed by atoms with van der Waals surface area (Å²) < 4.78 is 6.72. The molecule has 0 atom stereocenters. The van der Waals surface area contributed by atoms with Gasteiger partial charge in [0.15, 0.2) is 4.96 Å². The van der Waals surface area contributed by atoms with Crippen molar-refractivity contribution in [1.29, 1.82) is 0 Å². The molecule has 8 nitrogen and oxygen atoms in total. The molecule has 0 spiro atoms. The van der Waals surface area contributed by atoms with Gasteiger partial charge in [-0.15, -0.1) is 22.7 Å². The second-order valence-corrected chi connectivity index (χ2v) is 7.48. The summed E-state index contributed by atoms with van der Waals surface area (Å²) in [6, 6.07) is 1.33. The third-order valence-corrected chi connectivity index (χ3v) is 5.73. The molecule has 0 aliphatic carbocycles. The lowest BCUT2D eigenvalue weighted by atomic mass is 10.2. The number of hydrogen-bond donors (Lipinski definition) is 1. The van der Waals surface area contributed by atoms with Crippen LogP contribution in [0.25, 0.3) is 15.2 Å². The number of aromatic nitrogens is 4. The maximum Gasteiger partial charge on any atom is 0.349 e. The minimum Gasteiger partial charge on any atom is -0.455 e. The molecule has 0 saturated heterocycles. The van der Waals surface area contributed by atoms with E-state index < -0.39 is 5.97 Å². The molecule has 0 fully saturated rings. The molecule has 4 heterocycles. The van der Waals surface area contributed by atoms with E-state index in [0.717, 1.165) is 11.3 Å². The SMILES string of the molecule is Cc1nc2sc(C(=O)OCc3cc(=O)n4ccsc4n3)c(C)c2c(=O)[nH]1. The van der Waals surface area contributed by atoms with Crippen molar-refractivity contribution in [3.05, 3.63) is 60.3 Å². The van der Waals surface area contributed by atoms with Gasteiger partial charge < -0.3 is 9.72 Å². The minimum absolute atomic E-state index is 0.126. The number of nitrogens with one attached hydrogen (secondary N) is 1. The lowest BCUT2D eigenvalue weighted by Gasteiger charge is -2.04. The van der Waals surface area contributed by atoms with Gasteiger partial charge in [0.05, 0.1) is 11.1 Å². The van der Waals surface area contributed by atoms with Crippen LogP contribution < -0.4 is 11.1 Å². The van der Waals surface area contributed by atoms with Crippen LogP contribution in [0.15, 0.2) is 27.2 Å². The van der Waals surface area contributed by atoms with Crippen molar-refractivity contribution >= 4 is 43.8 Å². The van der Waals surface area contributed by atoms with Gasteiger partial charge in [0.25, 0.3) is 11.1 Å². The molecule has 4 aromatic rings. The zero-order valence-electron chi connectivity index (χ0n) is 13.7. The van der Waals surface area contributed by atoms with E-state index >= 15 is 0 Å². The topological polar surface area (TPSA) is 106 Å². The van der Waals surface area contributed by atoms with Gasteiger partial charge in [-0.3, -0.25) is 14.0 Å². The molecule has 0 aliphatic rings. The van der Waals surface area contributed by atoms with Gasteiger partial charge in [-0.25, -0.2) is 14.8 Å². The van der Waals surface area contributed by atoms with Gasteiger partial charge in [-0.05, 0) is 19.4 Å². The van der Waals surface area contributed by atoms with Gasteiger partial charge in [0.2, 0.25) is 0 Å². The molecule has 4 aromatic heterocycles. The fourth-order valence-corrected chi connectivity index (χ4v) is 4.47. The lowest BCUT2D eigenvalue weighted by molar-refractivity contribution is 0.0473. The average molecular weight is 388 g/mol. The molecular weight excluding hydrogens is 376 g/mol. The van der Waals surface area contributed by atoms with Crippen molar-refractivity contribution in [3.8, 4) is 0 Å². The Morgan fingerprint density at radius 3 is 2.92 bits per heavy atom. The number of nitrogens with zero attached hydrogens (tertiary/aromatic N) is 3. The molecule has 4 rings (SSSR count). The van der Waals surface area contributed by atoms with Crippen LogP contribution in [-0.4, -0.2) is 25.3 Å². The fraction of sp³-hybridized carbons (Fsp3) is 0.188. The van der Waals surface area contributed by atoms with Crippen molar-refractivity contribution < 1.29 is 9.53 Å². The van der Waals surface area contributed by atoms with E-state index in [-0.39, 0.29) is 17.7 Å². The zero-order chi connectivity index (χ0) is 18.4. The first-order valence-corrected chi connectivity index (χ1v) is 9.26. The van der Waals surface area contributed by atoms with E-state index in [4.69, 9.17) is 4.74 Å². The molecule has 0 saturated carbocycles. The predicted octanol–water partition coefficient (Wildman–Crippen LogP) is 2.03. The fourth-order valence-electron chi connectivity index (χ4n) is 2.61. The zero-order valence-corrected chi connectivity index (χ0v) is 15.4. The Bertz CT molecular complexity index is 1280. The number of H-pyrrole nitrogens is 1. The van der Waals surface area contributed by atoms with Crippen LogP contribution in [0.4, 0.5) is 0 Å². The minimum atomic E-state index is -0.573. The third-order valence-electron chi connectivity index (χ3n) is 3.81. The molecule has 0 aliphatic heterocycles. The third kappa shape index (κ3) is 2.72. The number of esters is 1. The molecule has 0 amide bonds. The summed E-state index contributed by atoms with van der Waals surface area (Å²) in [4.78, 5) is 49.0. The van der Waals surface area contributed by atoms with E-state index in [9.17, 15) is 14.4 Å². The Kier molecular flexibility index (Phi) is 3.93. The Morgan fingerprint density at radius 1 is 1.31 bits per heavy atom. The van der Waals surface area contributed by atoms with Gasteiger partial charge in [0.1, 0.15) is 22.1 Å². The van der Waals surface area contributed by atoms with E-state index in [0.29, 0.717) is 37.1 Å². The molecule has 10 heteroatoms. The number of ether oxygens (including phenoxy) is 1. The van der Waals surface area contributed by atoms with Crippen LogP contribution >= 0.6 is 22.7 Å². The molecule has 0 aromatic carbocycles. The number of thiazole rings is 1. The lowest BCUT2D eigenvalue weighted by Crippen LogP contribution is -2.14. The molecule has 0 unspecified atom stereocenters. The van der Waals surface area contributed by atoms with Gasteiger partial charge in [0, 0.05) is 17.6 Å². The number of hydrogen-bond acceptors (Lipinski definition) is 8. The van der Waals surface area contributed by atoms with Crippen molar-refractivity contribution in [1.82, 2.24) is 19.4 Å². The molecule has 26 heavy (non-hydrogen) atoms. The van der Waals surface area contributed by atoms with Gasteiger partial charge in [-0.1, -0.05) is 0 Å². The highest BCUT2D eigenvalue weighted by Gasteiger charge is 2.20. The van der Waals surface area contributed by atoms with Crippen molar-refractivity contribution in [2.45, 2.75) is 20.5 Å². The summed E-state index contributed by atoms with van der Waals surface area (Å²) in [6.45, 7) is 3.24. The Hall–Kier alpha value is -2.85. The molecular formula is C16H12N4O4S2. The van der Waals surface area contributed by atoms with E-state index in [2.05, 4.69) is 15.0 Å². The standard InChI is InChI=1S/C16H12N4O4S2/c1-7-11-13(22)17-8(2)18-14(11)26-12(7)15(23)24-6-9-5-10(21)20-3-4-25-16(20)19-9/h3-5H,6H2,1-2H3,(H,17,18,22). The smallest absolute Gasteiger partial charge is 0.349 e. The molecule has 0 bridgehead atoms. The van der Waals surface area contributed by atoms with Crippen LogP contribution in [-0.2, 0) is 11.3 Å². The number of rotatable bonds is 3. The predicted molar refractivity (Wildman–Crippen MR) is 98.2 cm³/mol. The first-order valence-electron chi connectivity index (χ1n) is 7.57. The summed E-state index contributed by atoms with van der Waals surface area (Å²) in [7, 11) is 0. The molecule has 132 valence electrons. The number of aryl methyl sites for hydroxylation is 2. The number of fused-ring (bicyclic) bond motifs is 2. The highest BCUT2D eigenvalue weighted by atomic mass is 32.1. The van der Waals surface area contributed by atoms with Crippen LogP contribution in [0.1, 0.15) is 26.8 Å². The average Bonchev–Trinajstić information content (AvgIpc) is 3.17. The maximum absolute atomic E-state index is 12.4. The van der Waals surface area contributed by atoms with Gasteiger partial charge in [-0.2, -0.15) is 0 Å². The second-order valence-electron chi connectivity index (χ2n) is 5.61. The van der Waals surface area contributed by atoms with Crippen LogP contribution in [0, 0.1) is 13.8 Å². The second kappa shape index (κ2) is 6.15. The maximum atomic E-state index is 12.4. The summed E-state index contributed by atoms with van der Waals surface area (Å²) >= 11 is 2.43. The van der Waals surface area contributed by atoms with E-state index in [1.54, 1.807) is 25.4 Å². The normalized spacial score (nSPS) is 11.3. The first kappa shape index (κ1) is 16.6. The van der Waals surface area contributed by atoms with Gasteiger partial charge >= 0.3 is 5.97 Å². The Labute approximate surface area is 153 Å². The van der Waals surface area contributed by atoms with Crippen LogP contribution in [0.3, 0.4) is 0 Å². The van der Waals surface area contributed by atoms with E-state index in [1.807, 2.05) is 0 Å². The Balaban J connectivity index is 1.63. The van der Waals surface area contributed by atoms with Crippen molar-refractivity contribution in [2.24, 2.45) is 0 Å². The number of thiophene rings is 1. The van der Waals surface area contributed by atoms with Crippen molar-refractivity contribution in [3.63, 3.8) is 0 Å². The monoisotopic (exact) mass is 388 g/mol. The molecule has 1 N–H and O–H groups in total. The summed E-state index contributed by atoms with van der Waals surface area (Å²) in [6.07, 6.45) is 1.64. The summed E-state index contributed by atoms with van der Waals surface area (Å²) in [5, 5.41) is 2.15. The number of carbonyl (C=O) groups is 1. The largest absolute Gasteiger partial charge is 0.455 e. The summed E-state index contributed by atoms with van der Waals surface area (Å²) in [5.41, 5.74) is 0.395. The summed E-state index contributed by atoms with van der Waals surface area (Å²) in [5.74, 6) is -0.0895. The van der Waals surface area contributed by atoms with E-state index in [1.165, 1.54) is 21.8 Å². The van der Waals surface area contributed by atoms with Crippen LogP contribution in [0.2, 0.25) is 0 Å². The highest BCUT2D eigenvalue weighted by molar-refractivity contribution is 7.20. The molecule has 0 radical (unpaired) electrons. The Morgan fingerprint density at radius 2 is 2.12 bits per heavy atom. The van der Waals surface area contributed by atoms with Crippen molar-refractivity contribution in [2.75, 3.05) is 0 Å². The first-order chi connectivity index (χ1) is 12.4. The highest BCUT2D eigenvalue weighted by Crippen LogP contribution is 2.27. The quantitative estimate of drug-likeness (QED) is 0.538. The number of carbonyl (C=O) groups excluding carboxylic acids is 1. The van der Waals surface area contributed by atoms with Crippen LogP contribution in [0.5, 0.6) is 0 Å². The number of aromatic amines is 1.